The lowest BCUT2D eigenvalue weighted by Crippen LogP contribution is -2.47. The first kappa shape index (κ1) is 13.5. The molecule has 0 spiro atoms. The normalized spacial score (nSPS) is 25.4. The second kappa shape index (κ2) is 4.79. The summed E-state index contributed by atoms with van der Waals surface area (Å²) in [6.45, 7) is 4.45. The summed E-state index contributed by atoms with van der Waals surface area (Å²) in [7, 11) is 0. The van der Waals surface area contributed by atoms with Crippen molar-refractivity contribution in [3.05, 3.63) is 11.4 Å². The number of nitrogen functional groups attached to an aromatic ring is 1. The molecule has 1 amide bonds. The molecule has 4 N–H and O–H groups in total. The van der Waals surface area contributed by atoms with Gasteiger partial charge in [-0.1, -0.05) is 26.7 Å². The number of aromatic amines is 1. The van der Waals surface area contributed by atoms with Crippen LogP contribution >= 0.6 is 0 Å². The molecule has 1 unspecified atom stereocenters. The summed E-state index contributed by atoms with van der Waals surface area (Å²) in [5, 5.41) is 10.2. The van der Waals surface area contributed by atoms with Crippen molar-refractivity contribution in [2.45, 2.75) is 64.3 Å². The van der Waals surface area contributed by atoms with Crippen LogP contribution in [0, 0.1) is 5.41 Å². The third kappa shape index (κ3) is 2.41. The van der Waals surface area contributed by atoms with Gasteiger partial charge in [0, 0.05) is 12.0 Å². The Morgan fingerprint density at radius 2 is 2.10 bits per heavy atom. The number of amides is 1. The molecule has 0 radical (unpaired) electrons. The number of carbonyl (C=O) groups is 1. The molecule has 20 heavy (non-hydrogen) atoms. The predicted molar refractivity (Wildman–Crippen MR) is 78.5 cm³/mol. The number of carbonyl (C=O) groups excluding carboxylic acids is 1. The molecular formula is C15H24N4O. The third-order valence-corrected chi connectivity index (χ3v) is 4.85. The van der Waals surface area contributed by atoms with Crippen LogP contribution in [0.4, 0.5) is 5.69 Å². The Morgan fingerprint density at radius 3 is 2.75 bits per heavy atom. The van der Waals surface area contributed by atoms with E-state index in [0.29, 0.717) is 17.3 Å². The Bertz CT molecular complexity index is 516. The van der Waals surface area contributed by atoms with Gasteiger partial charge in [-0.25, -0.2) is 0 Å². The fourth-order valence-electron chi connectivity index (χ4n) is 3.21. The van der Waals surface area contributed by atoms with Crippen molar-refractivity contribution in [1.82, 2.24) is 15.5 Å². The molecule has 2 fully saturated rings. The smallest absolute Gasteiger partial charge is 0.274 e. The molecule has 1 aromatic rings. The van der Waals surface area contributed by atoms with E-state index < -0.39 is 0 Å². The molecule has 2 saturated carbocycles. The molecule has 0 saturated heterocycles. The number of nitrogens with zero attached hydrogens (tertiary/aromatic N) is 1. The van der Waals surface area contributed by atoms with E-state index in [0.717, 1.165) is 31.4 Å². The van der Waals surface area contributed by atoms with Gasteiger partial charge in [-0.3, -0.25) is 9.89 Å². The molecule has 3 rings (SSSR count). The molecule has 2 aliphatic rings. The van der Waals surface area contributed by atoms with Crippen molar-refractivity contribution in [3.63, 3.8) is 0 Å². The SMILES string of the molecule is CC1(C)CCCCC1NC(=O)c1n[nH]c(C2CC2)c1N. The van der Waals surface area contributed by atoms with Gasteiger partial charge in [0.25, 0.3) is 5.91 Å². The molecule has 1 atom stereocenters. The van der Waals surface area contributed by atoms with Gasteiger partial charge in [-0.05, 0) is 31.1 Å². The predicted octanol–water partition coefficient (Wildman–Crippen LogP) is 2.57. The van der Waals surface area contributed by atoms with Crippen molar-refractivity contribution < 1.29 is 4.79 Å². The maximum Gasteiger partial charge on any atom is 0.274 e. The Morgan fingerprint density at radius 1 is 1.35 bits per heavy atom. The average Bonchev–Trinajstić information content (AvgIpc) is 3.15. The summed E-state index contributed by atoms with van der Waals surface area (Å²) in [4.78, 5) is 12.4. The first-order chi connectivity index (χ1) is 9.49. The van der Waals surface area contributed by atoms with E-state index in [-0.39, 0.29) is 17.4 Å². The molecule has 0 bridgehead atoms. The highest BCUT2D eigenvalue weighted by molar-refractivity contribution is 5.98. The zero-order chi connectivity index (χ0) is 14.3. The Balaban J connectivity index is 1.72. The van der Waals surface area contributed by atoms with E-state index in [1.807, 2.05) is 0 Å². The second-order valence-corrected chi connectivity index (χ2v) is 6.93. The van der Waals surface area contributed by atoms with E-state index in [1.54, 1.807) is 0 Å². The number of anilines is 1. The van der Waals surface area contributed by atoms with Crippen molar-refractivity contribution in [1.29, 1.82) is 0 Å². The van der Waals surface area contributed by atoms with E-state index in [9.17, 15) is 4.79 Å². The van der Waals surface area contributed by atoms with Crippen molar-refractivity contribution in [2.24, 2.45) is 5.41 Å². The fraction of sp³-hybridized carbons (Fsp3) is 0.733. The Hall–Kier alpha value is -1.52. The van der Waals surface area contributed by atoms with Crippen LogP contribution in [-0.2, 0) is 0 Å². The van der Waals surface area contributed by atoms with Crippen LogP contribution in [0.15, 0.2) is 0 Å². The second-order valence-electron chi connectivity index (χ2n) is 6.93. The quantitative estimate of drug-likeness (QED) is 0.793. The summed E-state index contributed by atoms with van der Waals surface area (Å²) in [5.41, 5.74) is 8.07. The molecule has 1 heterocycles. The minimum Gasteiger partial charge on any atom is -0.395 e. The number of rotatable bonds is 3. The number of nitrogens with one attached hydrogen (secondary N) is 2. The van der Waals surface area contributed by atoms with Crippen molar-refractivity contribution in [3.8, 4) is 0 Å². The van der Waals surface area contributed by atoms with Crippen LogP contribution in [0.5, 0.6) is 0 Å². The largest absolute Gasteiger partial charge is 0.395 e. The topological polar surface area (TPSA) is 83.8 Å². The molecule has 0 aromatic carbocycles. The lowest BCUT2D eigenvalue weighted by atomic mass is 9.73. The summed E-state index contributed by atoms with van der Waals surface area (Å²) in [5.74, 6) is 0.348. The fourth-order valence-corrected chi connectivity index (χ4v) is 3.21. The number of hydrogen-bond donors (Lipinski definition) is 3. The summed E-state index contributed by atoms with van der Waals surface area (Å²) in [6.07, 6.45) is 6.90. The minimum atomic E-state index is -0.134. The van der Waals surface area contributed by atoms with Gasteiger partial charge in [0.15, 0.2) is 5.69 Å². The highest BCUT2D eigenvalue weighted by Gasteiger charge is 2.35. The molecule has 2 aliphatic carbocycles. The zero-order valence-corrected chi connectivity index (χ0v) is 12.3. The van der Waals surface area contributed by atoms with Gasteiger partial charge < -0.3 is 11.1 Å². The molecule has 0 aliphatic heterocycles. The first-order valence-corrected chi connectivity index (χ1v) is 7.63. The average molecular weight is 276 g/mol. The molecular weight excluding hydrogens is 252 g/mol. The first-order valence-electron chi connectivity index (χ1n) is 7.63. The summed E-state index contributed by atoms with van der Waals surface area (Å²) >= 11 is 0. The lowest BCUT2D eigenvalue weighted by Gasteiger charge is -2.38. The zero-order valence-electron chi connectivity index (χ0n) is 12.3. The van der Waals surface area contributed by atoms with E-state index in [1.165, 1.54) is 12.8 Å². The van der Waals surface area contributed by atoms with E-state index in [4.69, 9.17) is 5.73 Å². The van der Waals surface area contributed by atoms with Crippen LogP contribution < -0.4 is 11.1 Å². The highest BCUT2D eigenvalue weighted by Crippen LogP contribution is 2.42. The molecule has 1 aromatic heterocycles. The maximum absolute atomic E-state index is 12.4. The maximum atomic E-state index is 12.4. The molecule has 110 valence electrons. The monoisotopic (exact) mass is 276 g/mol. The van der Waals surface area contributed by atoms with Gasteiger partial charge in [0.05, 0.1) is 11.4 Å². The van der Waals surface area contributed by atoms with Crippen LogP contribution in [0.25, 0.3) is 0 Å². The number of nitrogens with two attached hydrogens (primary N) is 1. The van der Waals surface area contributed by atoms with Gasteiger partial charge in [-0.2, -0.15) is 5.10 Å². The van der Waals surface area contributed by atoms with Crippen molar-refractivity contribution >= 4 is 11.6 Å². The van der Waals surface area contributed by atoms with Crippen LogP contribution in [0.2, 0.25) is 0 Å². The Labute approximate surface area is 119 Å². The van der Waals surface area contributed by atoms with Crippen LogP contribution in [0.1, 0.15) is 74.5 Å². The van der Waals surface area contributed by atoms with Gasteiger partial charge in [-0.15, -0.1) is 0 Å². The minimum absolute atomic E-state index is 0.134. The lowest BCUT2D eigenvalue weighted by molar-refractivity contribution is 0.0849. The number of aromatic nitrogens is 2. The van der Waals surface area contributed by atoms with Crippen LogP contribution in [0.3, 0.4) is 0 Å². The van der Waals surface area contributed by atoms with E-state index >= 15 is 0 Å². The van der Waals surface area contributed by atoms with Gasteiger partial charge >= 0.3 is 0 Å². The molecule has 5 nitrogen and oxygen atoms in total. The summed E-state index contributed by atoms with van der Waals surface area (Å²) in [6, 6.07) is 0.212. The van der Waals surface area contributed by atoms with Crippen LogP contribution in [-0.4, -0.2) is 22.1 Å². The highest BCUT2D eigenvalue weighted by atomic mass is 16.2. The van der Waals surface area contributed by atoms with E-state index in [2.05, 4.69) is 29.4 Å². The number of H-pyrrole nitrogens is 1. The molecule has 5 heteroatoms. The van der Waals surface area contributed by atoms with Gasteiger partial charge in [0.1, 0.15) is 0 Å². The number of hydrogen-bond acceptors (Lipinski definition) is 3. The third-order valence-electron chi connectivity index (χ3n) is 4.85. The Kier molecular flexibility index (Phi) is 3.22. The van der Waals surface area contributed by atoms with Crippen molar-refractivity contribution in [2.75, 3.05) is 5.73 Å². The summed E-state index contributed by atoms with van der Waals surface area (Å²) < 4.78 is 0. The van der Waals surface area contributed by atoms with Gasteiger partial charge in [0.2, 0.25) is 0 Å². The standard InChI is InChI=1S/C15H24N4O/c1-15(2)8-4-3-5-10(15)17-14(20)13-11(16)12(18-19-13)9-6-7-9/h9-10H,3-8,16H2,1-2H3,(H,17,20)(H,18,19).